The van der Waals surface area contributed by atoms with E-state index in [1.165, 1.54) is 17.4 Å². The lowest BCUT2D eigenvalue weighted by Crippen LogP contribution is -2.44. The SMILES string of the molecule is O=S(=O)(NN1CCCCC1)c1csc(CO)c1. The van der Waals surface area contributed by atoms with Crippen LogP contribution < -0.4 is 4.83 Å². The van der Waals surface area contributed by atoms with Crippen LogP contribution in [0.1, 0.15) is 24.1 Å². The zero-order valence-corrected chi connectivity index (χ0v) is 11.1. The molecular weight excluding hydrogens is 260 g/mol. The number of aliphatic hydroxyl groups excluding tert-OH is 1. The molecule has 17 heavy (non-hydrogen) atoms. The third-order valence-corrected chi connectivity index (χ3v) is 5.13. The first-order chi connectivity index (χ1) is 8.12. The lowest BCUT2D eigenvalue weighted by Gasteiger charge is -2.26. The van der Waals surface area contributed by atoms with Gasteiger partial charge in [0, 0.05) is 23.3 Å². The van der Waals surface area contributed by atoms with Crippen molar-refractivity contribution in [2.45, 2.75) is 30.8 Å². The quantitative estimate of drug-likeness (QED) is 0.858. The molecule has 7 heteroatoms. The Bertz CT molecular complexity index is 464. The molecule has 96 valence electrons. The molecule has 2 rings (SSSR count). The first-order valence-electron chi connectivity index (χ1n) is 5.57. The smallest absolute Gasteiger partial charge is 0.254 e. The average Bonchev–Trinajstić information content (AvgIpc) is 2.79. The van der Waals surface area contributed by atoms with Gasteiger partial charge in [0.2, 0.25) is 0 Å². The van der Waals surface area contributed by atoms with Gasteiger partial charge in [0.1, 0.15) is 0 Å². The number of hydrogen-bond acceptors (Lipinski definition) is 5. The van der Waals surface area contributed by atoms with Crippen molar-refractivity contribution in [1.29, 1.82) is 0 Å². The Morgan fingerprint density at radius 3 is 2.65 bits per heavy atom. The van der Waals surface area contributed by atoms with Gasteiger partial charge in [0.15, 0.2) is 0 Å². The lowest BCUT2D eigenvalue weighted by atomic mass is 10.2. The maximum absolute atomic E-state index is 12.0. The van der Waals surface area contributed by atoms with Gasteiger partial charge in [-0.15, -0.1) is 16.2 Å². The molecule has 0 aliphatic carbocycles. The number of thiophene rings is 1. The summed E-state index contributed by atoms with van der Waals surface area (Å²) in [5.41, 5.74) is 0. The number of aliphatic hydroxyl groups is 1. The van der Waals surface area contributed by atoms with E-state index in [0.717, 1.165) is 32.4 Å². The molecular formula is C10H16N2O3S2. The van der Waals surface area contributed by atoms with Crippen LogP contribution in [-0.4, -0.2) is 31.6 Å². The third-order valence-electron chi connectivity index (χ3n) is 2.70. The third kappa shape index (κ3) is 3.26. The van der Waals surface area contributed by atoms with Gasteiger partial charge in [-0.1, -0.05) is 6.42 Å². The maximum atomic E-state index is 12.0. The number of rotatable bonds is 4. The topological polar surface area (TPSA) is 69.6 Å². The predicted molar refractivity (Wildman–Crippen MR) is 66.0 cm³/mol. The minimum Gasteiger partial charge on any atom is -0.391 e. The second-order valence-electron chi connectivity index (χ2n) is 4.05. The second kappa shape index (κ2) is 5.45. The molecule has 1 aliphatic heterocycles. The number of nitrogens with one attached hydrogen (secondary N) is 1. The van der Waals surface area contributed by atoms with E-state index in [4.69, 9.17) is 5.11 Å². The van der Waals surface area contributed by atoms with Crippen molar-refractivity contribution in [2.24, 2.45) is 0 Å². The van der Waals surface area contributed by atoms with E-state index in [0.29, 0.717) is 4.88 Å². The summed E-state index contributed by atoms with van der Waals surface area (Å²) in [6.45, 7) is 1.40. The van der Waals surface area contributed by atoms with Crippen LogP contribution in [0.15, 0.2) is 16.3 Å². The lowest BCUT2D eigenvalue weighted by molar-refractivity contribution is 0.200. The van der Waals surface area contributed by atoms with Gasteiger partial charge in [0.25, 0.3) is 10.0 Å². The zero-order valence-electron chi connectivity index (χ0n) is 9.42. The van der Waals surface area contributed by atoms with E-state index in [1.54, 1.807) is 10.4 Å². The monoisotopic (exact) mass is 276 g/mol. The Balaban J connectivity index is 2.07. The van der Waals surface area contributed by atoms with Crippen LogP contribution in [0.2, 0.25) is 0 Å². The van der Waals surface area contributed by atoms with Crippen LogP contribution in [0.4, 0.5) is 0 Å². The Kier molecular flexibility index (Phi) is 4.16. The van der Waals surface area contributed by atoms with E-state index in [9.17, 15) is 8.42 Å². The molecule has 5 nitrogen and oxygen atoms in total. The van der Waals surface area contributed by atoms with Crippen molar-refractivity contribution < 1.29 is 13.5 Å². The maximum Gasteiger partial charge on any atom is 0.254 e. The molecule has 0 aromatic carbocycles. The Labute approximate surface area is 105 Å². The molecule has 0 saturated carbocycles. The fourth-order valence-electron chi connectivity index (χ4n) is 1.79. The molecule has 0 unspecified atom stereocenters. The summed E-state index contributed by atoms with van der Waals surface area (Å²) in [6.07, 6.45) is 3.20. The standard InChI is InChI=1S/C10H16N2O3S2/c13-7-9-6-10(8-16-9)17(14,15)11-12-4-2-1-3-5-12/h6,8,11,13H,1-5,7H2. The van der Waals surface area contributed by atoms with Crippen molar-refractivity contribution in [3.63, 3.8) is 0 Å². The van der Waals surface area contributed by atoms with Crippen molar-refractivity contribution in [3.05, 3.63) is 16.3 Å². The molecule has 1 fully saturated rings. The molecule has 1 aliphatic rings. The van der Waals surface area contributed by atoms with Crippen LogP contribution >= 0.6 is 11.3 Å². The van der Waals surface area contributed by atoms with Gasteiger partial charge in [0.05, 0.1) is 11.5 Å². The molecule has 0 radical (unpaired) electrons. The van der Waals surface area contributed by atoms with Gasteiger partial charge in [-0.05, 0) is 18.9 Å². The summed E-state index contributed by atoms with van der Waals surface area (Å²) >= 11 is 1.25. The fraction of sp³-hybridized carbons (Fsp3) is 0.600. The molecule has 1 aromatic heterocycles. The van der Waals surface area contributed by atoms with Crippen LogP contribution in [-0.2, 0) is 16.6 Å². The molecule has 2 heterocycles. The number of piperidine rings is 1. The number of hydrazine groups is 1. The highest BCUT2D eigenvalue weighted by molar-refractivity contribution is 7.89. The van der Waals surface area contributed by atoms with Gasteiger partial charge in [-0.25, -0.2) is 13.4 Å². The highest BCUT2D eigenvalue weighted by atomic mass is 32.2. The summed E-state index contributed by atoms with van der Waals surface area (Å²) in [5, 5.41) is 12.2. The Hall–Kier alpha value is -0.470. The number of sulfonamides is 1. The van der Waals surface area contributed by atoms with E-state index < -0.39 is 10.0 Å². The number of nitrogens with zero attached hydrogens (tertiary/aromatic N) is 1. The van der Waals surface area contributed by atoms with Gasteiger partial charge in [-0.3, -0.25) is 0 Å². The summed E-state index contributed by atoms with van der Waals surface area (Å²) in [5.74, 6) is 0. The van der Waals surface area contributed by atoms with Crippen LogP contribution in [0.25, 0.3) is 0 Å². The molecule has 1 aromatic rings. The first kappa shape index (κ1) is 13.0. The summed E-state index contributed by atoms with van der Waals surface area (Å²) < 4.78 is 24.0. The highest BCUT2D eigenvalue weighted by Crippen LogP contribution is 2.19. The van der Waals surface area contributed by atoms with Crippen LogP contribution in [0.3, 0.4) is 0 Å². The molecule has 2 N–H and O–H groups in total. The van der Waals surface area contributed by atoms with Crippen molar-refractivity contribution in [3.8, 4) is 0 Å². The van der Waals surface area contributed by atoms with E-state index in [-0.39, 0.29) is 11.5 Å². The van der Waals surface area contributed by atoms with Gasteiger partial charge < -0.3 is 5.11 Å². The molecule has 0 spiro atoms. The fourth-order valence-corrected chi connectivity index (χ4v) is 4.05. The average molecular weight is 276 g/mol. The largest absolute Gasteiger partial charge is 0.391 e. The van der Waals surface area contributed by atoms with Crippen LogP contribution in [0, 0.1) is 0 Å². The summed E-state index contributed by atoms with van der Waals surface area (Å²) in [6, 6.07) is 1.51. The molecule has 0 atom stereocenters. The van der Waals surface area contributed by atoms with Crippen molar-refractivity contribution >= 4 is 21.4 Å². The molecule has 0 amide bonds. The minimum atomic E-state index is -3.47. The summed E-state index contributed by atoms with van der Waals surface area (Å²) in [4.78, 5) is 3.47. The van der Waals surface area contributed by atoms with Crippen molar-refractivity contribution in [2.75, 3.05) is 13.1 Å². The molecule has 1 saturated heterocycles. The zero-order chi connectivity index (χ0) is 12.3. The normalized spacial score (nSPS) is 18.4. The second-order valence-corrected chi connectivity index (χ2v) is 6.71. The Morgan fingerprint density at radius 2 is 2.06 bits per heavy atom. The highest BCUT2D eigenvalue weighted by Gasteiger charge is 2.20. The van der Waals surface area contributed by atoms with E-state index >= 15 is 0 Å². The summed E-state index contributed by atoms with van der Waals surface area (Å²) in [7, 11) is -3.47. The Morgan fingerprint density at radius 1 is 1.35 bits per heavy atom. The predicted octanol–water partition coefficient (Wildman–Crippen LogP) is 0.920. The van der Waals surface area contributed by atoms with E-state index in [1.807, 2.05) is 0 Å². The molecule has 0 bridgehead atoms. The van der Waals surface area contributed by atoms with Gasteiger partial charge in [-0.2, -0.15) is 0 Å². The number of hydrogen-bond donors (Lipinski definition) is 2. The van der Waals surface area contributed by atoms with E-state index in [2.05, 4.69) is 4.83 Å². The van der Waals surface area contributed by atoms with Crippen molar-refractivity contribution in [1.82, 2.24) is 9.84 Å². The minimum absolute atomic E-state index is 0.121. The van der Waals surface area contributed by atoms with Gasteiger partial charge >= 0.3 is 0 Å². The van der Waals surface area contributed by atoms with Crippen LogP contribution in [0.5, 0.6) is 0 Å². The first-order valence-corrected chi connectivity index (χ1v) is 7.94.